The second-order valence-corrected chi connectivity index (χ2v) is 3.59. The summed E-state index contributed by atoms with van der Waals surface area (Å²) in [6, 6.07) is 2.97. The zero-order valence-corrected chi connectivity index (χ0v) is 8.65. The lowest BCUT2D eigenvalue weighted by Gasteiger charge is -1.98. The molecule has 0 N–H and O–H groups in total. The van der Waals surface area contributed by atoms with Gasteiger partial charge in [-0.25, -0.2) is 0 Å². The van der Waals surface area contributed by atoms with Crippen LogP contribution in [0.15, 0.2) is 16.6 Å². The fourth-order valence-corrected chi connectivity index (χ4v) is 1.66. The summed E-state index contributed by atoms with van der Waals surface area (Å²) in [5, 5.41) is 10.6. The third kappa shape index (κ3) is 1.71. The average Bonchev–Trinajstić information content (AvgIpc) is 1.97. The molecule has 0 bridgehead atoms. The molecule has 0 fully saturated rings. The lowest BCUT2D eigenvalue weighted by atomic mass is 10.3. The molecule has 0 amide bonds. The molecule has 0 aliphatic carbocycles. The molecule has 1 rings (SSSR count). The van der Waals surface area contributed by atoms with Crippen molar-refractivity contribution in [3.05, 3.63) is 36.8 Å². The topological polar surface area (TPSA) is 43.1 Å². The van der Waals surface area contributed by atoms with Crippen LogP contribution < -0.4 is 0 Å². The number of hydrogen-bond acceptors (Lipinski definition) is 2. The molecule has 0 heterocycles. The first-order chi connectivity index (χ1) is 5.54. The van der Waals surface area contributed by atoms with Crippen molar-refractivity contribution in [3.8, 4) is 0 Å². The SMILES string of the molecule is O=[N+]([O-])c1c(Br)ccc(Cl)c1Cl. The third-order valence-electron chi connectivity index (χ3n) is 1.20. The number of halogens is 3. The maximum atomic E-state index is 10.4. The Bertz CT molecular complexity index is 343. The molecule has 0 radical (unpaired) electrons. The van der Waals surface area contributed by atoms with Gasteiger partial charge in [-0.15, -0.1) is 0 Å². The molecule has 0 unspecified atom stereocenters. The van der Waals surface area contributed by atoms with E-state index in [-0.39, 0.29) is 15.7 Å². The number of nitro benzene ring substituents is 1. The normalized spacial score (nSPS) is 9.92. The largest absolute Gasteiger partial charge is 0.303 e. The molecule has 0 aliphatic rings. The minimum Gasteiger partial charge on any atom is -0.258 e. The minimum absolute atomic E-state index is 0.0453. The molecule has 0 aliphatic heterocycles. The van der Waals surface area contributed by atoms with Crippen molar-refractivity contribution in [1.82, 2.24) is 0 Å². The number of nitro groups is 1. The number of nitrogens with zero attached hydrogens (tertiary/aromatic N) is 1. The standard InChI is InChI=1S/C6H2BrCl2NO2/c7-3-1-2-4(8)5(9)6(3)10(11)12/h1-2H. The van der Waals surface area contributed by atoms with Gasteiger partial charge in [-0.05, 0) is 28.1 Å². The Morgan fingerprint density at radius 3 is 2.42 bits per heavy atom. The first kappa shape index (κ1) is 9.77. The number of rotatable bonds is 1. The highest BCUT2D eigenvalue weighted by molar-refractivity contribution is 9.10. The monoisotopic (exact) mass is 269 g/mol. The molecule has 0 spiro atoms. The van der Waals surface area contributed by atoms with E-state index in [9.17, 15) is 10.1 Å². The van der Waals surface area contributed by atoms with Gasteiger partial charge < -0.3 is 0 Å². The van der Waals surface area contributed by atoms with Gasteiger partial charge in [-0.2, -0.15) is 0 Å². The molecule has 0 saturated heterocycles. The van der Waals surface area contributed by atoms with Gasteiger partial charge in [0.25, 0.3) is 0 Å². The molecular formula is C6H2BrCl2NO2. The molecule has 0 saturated carbocycles. The first-order valence-corrected chi connectivity index (χ1v) is 4.37. The number of benzene rings is 1. The van der Waals surface area contributed by atoms with Crippen molar-refractivity contribution in [2.75, 3.05) is 0 Å². The van der Waals surface area contributed by atoms with Crippen molar-refractivity contribution in [3.63, 3.8) is 0 Å². The van der Waals surface area contributed by atoms with E-state index in [1.54, 1.807) is 0 Å². The summed E-state index contributed by atoms with van der Waals surface area (Å²) in [4.78, 5) is 9.84. The fourth-order valence-electron chi connectivity index (χ4n) is 0.684. The predicted octanol–water partition coefficient (Wildman–Crippen LogP) is 3.66. The highest BCUT2D eigenvalue weighted by atomic mass is 79.9. The van der Waals surface area contributed by atoms with Crippen LogP contribution in [0.5, 0.6) is 0 Å². The van der Waals surface area contributed by atoms with Crippen LogP contribution >= 0.6 is 39.1 Å². The van der Waals surface area contributed by atoms with Gasteiger partial charge in [0.05, 0.1) is 14.4 Å². The van der Waals surface area contributed by atoms with Crippen LogP contribution in [0.1, 0.15) is 0 Å². The molecule has 0 atom stereocenters. The van der Waals surface area contributed by atoms with Gasteiger partial charge in [0.2, 0.25) is 0 Å². The summed E-state index contributed by atoms with van der Waals surface area (Å²) in [5.74, 6) is 0. The maximum absolute atomic E-state index is 10.4. The van der Waals surface area contributed by atoms with Crippen molar-refractivity contribution in [1.29, 1.82) is 0 Å². The molecular weight excluding hydrogens is 269 g/mol. The average molecular weight is 271 g/mol. The van der Waals surface area contributed by atoms with Crippen LogP contribution in [0.4, 0.5) is 5.69 Å². The van der Waals surface area contributed by atoms with E-state index in [0.717, 1.165) is 0 Å². The van der Waals surface area contributed by atoms with Crippen LogP contribution in [0.25, 0.3) is 0 Å². The molecule has 3 nitrogen and oxygen atoms in total. The van der Waals surface area contributed by atoms with Crippen LogP contribution in [0, 0.1) is 10.1 Å². The molecule has 1 aromatic carbocycles. The van der Waals surface area contributed by atoms with Crippen molar-refractivity contribution < 1.29 is 4.92 Å². The quantitative estimate of drug-likeness (QED) is 0.444. The lowest BCUT2D eigenvalue weighted by Crippen LogP contribution is -1.90. The first-order valence-electron chi connectivity index (χ1n) is 2.82. The Hall–Kier alpha value is -0.320. The Balaban J connectivity index is 3.43. The summed E-state index contributed by atoms with van der Waals surface area (Å²) >= 11 is 14.2. The van der Waals surface area contributed by atoms with Crippen LogP contribution in [-0.2, 0) is 0 Å². The minimum atomic E-state index is -0.585. The van der Waals surface area contributed by atoms with E-state index in [0.29, 0.717) is 4.47 Å². The predicted molar refractivity (Wildman–Crippen MR) is 50.8 cm³/mol. The van der Waals surface area contributed by atoms with E-state index in [2.05, 4.69) is 15.9 Å². The van der Waals surface area contributed by atoms with Gasteiger partial charge in [-0.1, -0.05) is 23.2 Å². The van der Waals surface area contributed by atoms with Crippen LogP contribution in [0.2, 0.25) is 10.0 Å². The Labute approximate surface area is 86.6 Å². The fraction of sp³-hybridized carbons (Fsp3) is 0. The third-order valence-corrected chi connectivity index (χ3v) is 2.64. The molecule has 1 aromatic rings. The second-order valence-electron chi connectivity index (χ2n) is 1.95. The summed E-state index contributed by atoms with van der Waals surface area (Å²) in [5.41, 5.74) is -0.204. The molecule has 12 heavy (non-hydrogen) atoms. The van der Waals surface area contributed by atoms with E-state index < -0.39 is 4.92 Å². The van der Waals surface area contributed by atoms with Crippen molar-refractivity contribution in [2.45, 2.75) is 0 Å². The molecule has 0 aromatic heterocycles. The Kier molecular flexibility index (Phi) is 2.93. The molecule has 6 heteroatoms. The van der Waals surface area contributed by atoms with Gasteiger partial charge in [0.15, 0.2) is 0 Å². The van der Waals surface area contributed by atoms with E-state index >= 15 is 0 Å². The maximum Gasteiger partial charge on any atom is 0.303 e. The summed E-state index contributed by atoms with van der Waals surface area (Å²) in [6.45, 7) is 0. The Morgan fingerprint density at radius 1 is 1.42 bits per heavy atom. The van der Waals surface area contributed by atoms with Gasteiger partial charge in [0.1, 0.15) is 5.02 Å². The zero-order chi connectivity index (χ0) is 9.30. The van der Waals surface area contributed by atoms with Crippen molar-refractivity contribution >= 4 is 44.8 Å². The Morgan fingerprint density at radius 2 is 2.00 bits per heavy atom. The van der Waals surface area contributed by atoms with Gasteiger partial charge in [-0.3, -0.25) is 10.1 Å². The van der Waals surface area contributed by atoms with Gasteiger partial charge >= 0.3 is 5.69 Å². The van der Waals surface area contributed by atoms with Gasteiger partial charge in [0, 0.05) is 0 Å². The smallest absolute Gasteiger partial charge is 0.258 e. The highest BCUT2D eigenvalue weighted by Crippen LogP contribution is 2.37. The summed E-state index contributed by atoms with van der Waals surface area (Å²) in [7, 11) is 0. The summed E-state index contributed by atoms with van der Waals surface area (Å²) in [6.07, 6.45) is 0. The molecule has 64 valence electrons. The number of hydrogen-bond donors (Lipinski definition) is 0. The van der Waals surface area contributed by atoms with Crippen LogP contribution in [-0.4, -0.2) is 4.92 Å². The van der Waals surface area contributed by atoms with E-state index in [1.807, 2.05) is 0 Å². The zero-order valence-electron chi connectivity index (χ0n) is 5.55. The highest BCUT2D eigenvalue weighted by Gasteiger charge is 2.19. The van der Waals surface area contributed by atoms with Crippen LogP contribution in [0.3, 0.4) is 0 Å². The van der Waals surface area contributed by atoms with E-state index in [1.165, 1.54) is 12.1 Å². The van der Waals surface area contributed by atoms with E-state index in [4.69, 9.17) is 23.2 Å². The van der Waals surface area contributed by atoms with Crippen molar-refractivity contribution in [2.24, 2.45) is 0 Å². The lowest BCUT2D eigenvalue weighted by molar-refractivity contribution is -0.385. The second kappa shape index (κ2) is 3.60. The summed E-state index contributed by atoms with van der Waals surface area (Å²) < 4.78 is 0.321.